The standard InChI is InChI=1S/C18H15ClN2O3S/c1-11-2-5-13(6-3-11)20-18-21-14(10-25-18)9-24-17(23)15-8-12(19)4-7-16(15)22/h2-8,10,22H,9H2,1H3,(H,20,21). The lowest BCUT2D eigenvalue weighted by molar-refractivity contribution is 0.0465. The molecule has 0 amide bonds. The number of esters is 1. The molecule has 0 bridgehead atoms. The molecule has 3 rings (SSSR count). The van der Waals surface area contributed by atoms with Gasteiger partial charge in [-0.25, -0.2) is 9.78 Å². The first-order valence-corrected chi connectivity index (χ1v) is 8.71. The number of phenols is 1. The number of aryl methyl sites for hydroxylation is 1. The second kappa shape index (κ2) is 7.55. The van der Waals surface area contributed by atoms with Crippen LogP contribution < -0.4 is 5.32 Å². The van der Waals surface area contributed by atoms with Gasteiger partial charge in [0.15, 0.2) is 5.13 Å². The van der Waals surface area contributed by atoms with Crippen molar-refractivity contribution in [3.05, 3.63) is 69.7 Å². The molecule has 0 radical (unpaired) electrons. The Morgan fingerprint density at radius 1 is 1.28 bits per heavy atom. The van der Waals surface area contributed by atoms with E-state index < -0.39 is 5.97 Å². The van der Waals surface area contributed by atoms with Crippen molar-refractivity contribution in [3.8, 4) is 5.75 Å². The first-order chi connectivity index (χ1) is 12.0. The summed E-state index contributed by atoms with van der Waals surface area (Å²) >= 11 is 7.25. The van der Waals surface area contributed by atoms with Crippen LogP contribution in [0.25, 0.3) is 0 Å². The van der Waals surface area contributed by atoms with Crippen LogP contribution in [-0.2, 0) is 11.3 Å². The summed E-state index contributed by atoms with van der Waals surface area (Å²) < 4.78 is 5.19. The van der Waals surface area contributed by atoms with Gasteiger partial charge in [0.1, 0.15) is 17.9 Å². The predicted octanol–water partition coefficient (Wildman–Crippen LogP) is 4.91. The van der Waals surface area contributed by atoms with E-state index >= 15 is 0 Å². The fourth-order valence-corrected chi connectivity index (χ4v) is 2.97. The second-order valence-corrected chi connectivity index (χ2v) is 6.67. The normalized spacial score (nSPS) is 10.5. The van der Waals surface area contributed by atoms with Gasteiger partial charge < -0.3 is 15.2 Å². The Morgan fingerprint density at radius 3 is 2.80 bits per heavy atom. The zero-order chi connectivity index (χ0) is 17.8. The van der Waals surface area contributed by atoms with Crippen LogP contribution in [-0.4, -0.2) is 16.1 Å². The summed E-state index contributed by atoms with van der Waals surface area (Å²) in [5.41, 5.74) is 2.77. The Hall–Kier alpha value is -2.57. The molecule has 128 valence electrons. The molecule has 2 aromatic carbocycles. The highest BCUT2D eigenvalue weighted by Gasteiger charge is 2.14. The van der Waals surface area contributed by atoms with Gasteiger partial charge in [-0.3, -0.25) is 0 Å². The molecule has 0 aliphatic heterocycles. The number of hydrogen-bond acceptors (Lipinski definition) is 6. The lowest BCUT2D eigenvalue weighted by Crippen LogP contribution is -2.06. The minimum atomic E-state index is -0.652. The summed E-state index contributed by atoms with van der Waals surface area (Å²) in [4.78, 5) is 16.4. The fraction of sp³-hybridized carbons (Fsp3) is 0.111. The van der Waals surface area contributed by atoms with Gasteiger partial charge in [-0.05, 0) is 37.3 Å². The van der Waals surface area contributed by atoms with E-state index in [1.807, 2.05) is 36.6 Å². The minimum absolute atomic E-state index is 0.0108. The van der Waals surface area contributed by atoms with E-state index in [0.29, 0.717) is 15.8 Å². The molecule has 0 saturated carbocycles. The van der Waals surface area contributed by atoms with E-state index in [2.05, 4.69) is 10.3 Å². The van der Waals surface area contributed by atoms with Crippen molar-refractivity contribution in [2.45, 2.75) is 13.5 Å². The summed E-state index contributed by atoms with van der Waals surface area (Å²) in [6.07, 6.45) is 0. The molecule has 7 heteroatoms. The van der Waals surface area contributed by atoms with Crippen LogP contribution in [0.15, 0.2) is 47.8 Å². The molecule has 1 heterocycles. The number of ether oxygens (including phenoxy) is 1. The van der Waals surface area contributed by atoms with E-state index in [4.69, 9.17) is 16.3 Å². The van der Waals surface area contributed by atoms with Crippen LogP contribution in [0.5, 0.6) is 5.75 Å². The summed E-state index contributed by atoms with van der Waals surface area (Å²) in [6, 6.07) is 12.2. The van der Waals surface area contributed by atoms with Gasteiger partial charge in [-0.2, -0.15) is 0 Å². The molecule has 0 spiro atoms. The van der Waals surface area contributed by atoms with Crippen molar-refractivity contribution in [3.63, 3.8) is 0 Å². The zero-order valence-electron chi connectivity index (χ0n) is 13.3. The zero-order valence-corrected chi connectivity index (χ0v) is 14.9. The number of aromatic nitrogens is 1. The highest BCUT2D eigenvalue weighted by Crippen LogP contribution is 2.24. The molecule has 0 saturated heterocycles. The van der Waals surface area contributed by atoms with E-state index in [0.717, 1.165) is 5.69 Å². The van der Waals surface area contributed by atoms with Crippen molar-refractivity contribution in [1.29, 1.82) is 0 Å². The Labute approximate surface area is 153 Å². The van der Waals surface area contributed by atoms with Gasteiger partial charge in [0.25, 0.3) is 0 Å². The Balaban J connectivity index is 1.60. The number of benzene rings is 2. The first-order valence-electron chi connectivity index (χ1n) is 7.45. The Morgan fingerprint density at radius 2 is 2.04 bits per heavy atom. The molecule has 0 unspecified atom stereocenters. The van der Waals surface area contributed by atoms with Gasteiger partial charge in [0.05, 0.1) is 5.69 Å². The van der Waals surface area contributed by atoms with E-state index in [-0.39, 0.29) is 17.9 Å². The molecular formula is C18H15ClN2O3S. The number of anilines is 2. The monoisotopic (exact) mass is 374 g/mol. The molecule has 0 aliphatic carbocycles. The third-order valence-electron chi connectivity index (χ3n) is 3.38. The van der Waals surface area contributed by atoms with Crippen molar-refractivity contribution in [2.75, 3.05) is 5.32 Å². The number of nitrogens with zero attached hydrogens (tertiary/aromatic N) is 1. The van der Waals surface area contributed by atoms with Crippen molar-refractivity contribution >= 4 is 39.7 Å². The van der Waals surface area contributed by atoms with Crippen LogP contribution in [0, 0.1) is 6.92 Å². The molecule has 0 fully saturated rings. The smallest absolute Gasteiger partial charge is 0.342 e. The molecule has 5 nitrogen and oxygen atoms in total. The van der Waals surface area contributed by atoms with Gasteiger partial charge in [0.2, 0.25) is 0 Å². The van der Waals surface area contributed by atoms with Crippen LogP contribution in [0.4, 0.5) is 10.8 Å². The molecule has 1 aromatic heterocycles. The fourth-order valence-electron chi connectivity index (χ4n) is 2.08. The van der Waals surface area contributed by atoms with Gasteiger partial charge in [-0.15, -0.1) is 11.3 Å². The van der Waals surface area contributed by atoms with Crippen LogP contribution >= 0.6 is 22.9 Å². The molecular weight excluding hydrogens is 360 g/mol. The number of halogens is 1. The van der Waals surface area contributed by atoms with Crippen LogP contribution in [0.3, 0.4) is 0 Å². The maximum absolute atomic E-state index is 12.0. The van der Waals surface area contributed by atoms with Gasteiger partial charge in [0, 0.05) is 16.1 Å². The second-order valence-electron chi connectivity index (χ2n) is 5.37. The third kappa shape index (κ3) is 4.49. The number of phenolic OH excluding ortho intramolecular Hbond substituents is 1. The largest absolute Gasteiger partial charge is 0.507 e. The van der Waals surface area contributed by atoms with Crippen LogP contribution in [0.2, 0.25) is 5.02 Å². The molecule has 0 aliphatic rings. The predicted molar refractivity (Wildman–Crippen MR) is 98.8 cm³/mol. The summed E-state index contributed by atoms with van der Waals surface area (Å²) in [7, 11) is 0. The highest BCUT2D eigenvalue weighted by molar-refractivity contribution is 7.13. The maximum atomic E-state index is 12.0. The third-order valence-corrected chi connectivity index (χ3v) is 4.43. The average Bonchev–Trinajstić information content (AvgIpc) is 3.04. The van der Waals surface area contributed by atoms with E-state index in [1.54, 1.807) is 0 Å². The number of hydrogen-bond donors (Lipinski definition) is 2. The average molecular weight is 375 g/mol. The van der Waals surface area contributed by atoms with Crippen molar-refractivity contribution < 1.29 is 14.6 Å². The summed E-state index contributed by atoms with van der Waals surface area (Å²) in [6.45, 7) is 2.04. The molecule has 0 atom stereocenters. The maximum Gasteiger partial charge on any atom is 0.342 e. The summed E-state index contributed by atoms with van der Waals surface area (Å²) in [5.74, 6) is -0.824. The Bertz CT molecular complexity index is 894. The lowest BCUT2D eigenvalue weighted by atomic mass is 10.2. The van der Waals surface area contributed by atoms with E-state index in [9.17, 15) is 9.90 Å². The number of carbonyl (C=O) groups is 1. The van der Waals surface area contributed by atoms with Crippen molar-refractivity contribution in [2.24, 2.45) is 0 Å². The first kappa shape index (κ1) is 17.3. The summed E-state index contributed by atoms with van der Waals surface area (Å²) in [5, 5.41) is 15.8. The van der Waals surface area contributed by atoms with E-state index in [1.165, 1.54) is 35.1 Å². The van der Waals surface area contributed by atoms with Crippen molar-refractivity contribution in [1.82, 2.24) is 4.98 Å². The lowest BCUT2D eigenvalue weighted by Gasteiger charge is -2.05. The number of nitrogens with one attached hydrogen (secondary N) is 1. The van der Waals surface area contributed by atoms with Gasteiger partial charge >= 0.3 is 5.97 Å². The van der Waals surface area contributed by atoms with Crippen LogP contribution in [0.1, 0.15) is 21.6 Å². The number of thiazole rings is 1. The number of rotatable bonds is 5. The Kier molecular flexibility index (Phi) is 5.21. The molecule has 3 aromatic rings. The molecule has 2 N–H and O–H groups in total. The minimum Gasteiger partial charge on any atom is -0.507 e. The topological polar surface area (TPSA) is 71.5 Å². The quantitative estimate of drug-likeness (QED) is 0.621. The van der Waals surface area contributed by atoms with Gasteiger partial charge in [-0.1, -0.05) is 29.3 Å². The number of carbonyl (C=O) groups excluding carboxylic acids is 1. The molecule has 25 heavy (non-hydrogen) atoms. The SMILES string of the molecule is Cc1ccc(Nc2nc(COC(=O)c3cc(Cl)ccc3O)cs2)cc1. The highest BCUT2D eigenvalue weighted by atomic mass is 35.5. The number of aromatic hydroxyl groups is 1.